The molecule has 4 heteroatoms. The van der Waals surface area contributed by atoms with Crippen LogP contribution < -0.4 is 10.6 Å². The lowest BCUT2D eigenvalue weighted by molar-refractivity contribution is -0.115. The second-order valence-corrected chi connectivity index (χ2v) is 6.24. The number of carbonyl (C=O) groups excluding carboxylic acids is 2. The molecule has 0 aromatic heterocycles. The zero-order valence-electron chi connectivity index (χ0n) is 13.6. The van der Waals surface area contributed by atoms with Crippen LogP contribution in [0.2, 0.25) is 0 Å². The first-order valence-electron chi connectivity index (χ1n) is 8.45. The second kappa shape index (κ2) is 7.77. The van der Waals surface area contributed by atoms with E-state index in [-0.39, 0.29) is 11.8 Å². The van der Waals surface area contributed by atoms with E-state index < -0.39 is 0 Å². The third kappa shape index (κ3) is 4.44. The number of rotatable bonds is 5. The van der Waals surface area contributed by atoms with Gasteiger partial charge in [-0.2, -0.15) is 0 Å². The van der Waals surface area contributed by atoms with Crippen molar-refractivity contribution >= 4 is 17.5 Å². The zero-order chi connectivity index (χ0) is 16.8. The van der Waals surface area contributed by atoms with Crippen molar-refractivity contribution in [1.29, 1.82) is 0 Å². The average molecular weight is 322 g/mol. The Labute approximate surface area is 142 Å². The van der Waals surface area contributed by atoms with Crippen LogP contribution in [0, 0.1) is 0 Å². The molecule has 4 nitrogen and oxygen atoms in total. The van der Waals surface area contributed by atoms with E-state index >= 15 is 0 Å². The van der Waals surface area contributed by atoms with Crippen LogP contribution >= 0.6 is 0 Å². The maximum atomic E-state index is 12.2. The summed E-state index contributed by atoms with van der Waals surface area (Å²) in [4.78, 5) is 24.2. The summed E-state index contributed by atoms with van der Waals surface area (Å²) in [5, 5.41) is 5.92. The van der Waals surface area contributed by atoms with Gasteiger partial charge in [-0.25, -0.2) is 0 Å². The maximum Gasteiger partial charge on any atom is 0.251 e. The van der Waals surface area contributed by atoms with Gasteiger partial charge in [0, 0.05) is 17.3 Å². The molecule has 1 aliphatic rings. The van der Waals surface area contributed by atoms with Crippen LogP contribution in [-0.2, 0) is 11.2 Å². The summed E-state index contributed by atoms with van der Waals surface area (Å²) in [5.74, 6) is -0.103. The largest absolute Gasteiger partial charge is 0.349 e. The summed E-state index contributed by atoms with van der Waals surface area (Å²) in [6.07, 6.45) is 4.86. The van der Waals surface area contributed by atoms with E-state index in [9.17, 15) is 9.59 Å². The van der Waals surface area contributed by atoms with Gasteiger partial charge in [0.05, 0.1) is 6.42 Å². The van der Waals surface area contributed by atoms with Gasteiger partial charge >= 0.3 is 0 Å². The molecule has 0 aliphatic heterocycles. The minimum absolute atomic E-state index is 0.0379. The maximum absolute atomic E-state index is 12.2. The number of anilines is 1. The van der Waals surface area contributed by atoms with Crippen LogP contribution in [0.1, 0.15) is 41.6 Å². The number of nitrogens with one attached hydrogen (secondary N) is 2. The molecule has 2 aromatic carbocycles. The van der Waals surface area contributed by atoms with Crippen LogP contribution in [0.4, 0.5) is 5.69 Å². The molecule has 2 aromatic rings. The molecule has 0 bridgehead atoms. The Bertz CT molecular complexity index is 689. The first-order chi connectivity index (χ1) is 11.7. The fourth-order valence-electron chi connectivity index (χ4n) is 3.03. The topological polar surface area (TPSA) is 58.2 Å². The van der Waals surface area contributed by atoms with Crippen molar-refractivity contribution in [1.82, 2.24) is 5.32 Å². The normalized spacial score (nSPS) is 14.3. The molecule has 2 N–H and O–H groups in total. The number of carbonyl (C=O) groups is 2. The molecule has 0 atom stereocenters. The molecule has 24 heavy (non-hydrogen) atoms. The predicted molar refractivity (Wildman–Crippen MR) is 94.9 cm³/mol. The Balaban J connectivity index is 1.54. The van der Waals surface area contributed by atoms with Crippen LogP contribution in [0.5, 0.6) is 0 Å². The Morgan fingerprint density at radius 2 is 1.58 bits per heavy atom. The minimum Gasteiger partial charge on any atom is -0.349 e. The van der Waals surface area contributed by atoms with Crippen LogP contribution in [0.15, 0.2) is 54.6 Å². The number of amides is 2. The summed E-state index contributed by atoms with van der Waals surface area (Å²) in [6, 6.07) is 17.0. The molecule has 0 heterocycles. The summed E-state index contributed by atoms with van der Waals surface area (Å²) >= 11 is 0. The quantitative estimate of drug-likeness (QED) is 0.884. The van der Waals surface area contributed by atoms with Gasteiger partial charge in [-0.15, -0.1) is 0 Å². The molecular weight excluding hydrogens is 300 g/mol. The molecule has 0 radical (unpaired) electrons. The number of hydrogen-bond acceptors (Lipinski definition) is 2. The van der Waals surface area contributed by atoms with E-state index in [0.717, 1.165) is 18.4 Å². The van der Waals surface area contributed by atoms with Crippen molar-refractivity contribution in [3.63, 3.8) is 0 Å². The molecule has 0 unspecified atom stereocenters. The number of hydrogen-bond donors (Lipinski definition) is 2. The average Bonchev–Trinajstić information content (AvgIpc) is 3.09. The van der Waals surface area contributed by atoms with Crippen molar-refractivity contribution in [2.45, 2.75) is 38.1 Å². The van der Waals surface area contributed by atoms with Gasteiger partial charge in [0.25, 0.3) is 5.91 Å². The highest BCUT2D eigenvalue weighted by Gasteiger charge is 2.17. The fraction of sp³-hybridized carbons (Fsp3) is 0.300. The molecule has 1 saturated carbocycles. The van der Waals surface area contributed by atoms with E-state index in [1.807, 2.05) is 30.3 Å². The molecular formula is C20H22N2O2. The van der Waals surface area contributed by atoms with Gasteiger partial charge in [-0.05, 0) is 42.7 Å². The van der Waals surface area contributed by atoms with Crippen molar-refractivity contribution in [2.75, 3.05) is 5.32 Å². The first-order valence-corrected chi connectivity index (χ1v) is 8.45. The molecule has 2 amide bonds. The van der Waals surface area contributed by atoms with Crippen molar-refractivity contribution in [3.05, 3.63) is 65.7 Å². The van der Waals surface area contributed by atoms with Crippen LogP contribution in [0.25, 0.3) is 0 Å². The first kappa shape index (κ1) is 16.2. The van der Waals surface area contributed by atoms with Gasteiger partial charge in [-0.3, -0.25) is 9.59 Å². The van der Waals surface area contributed by atoms with Crippen molar-refractivity contribution in [2.24, 2.45) is 0 Å². The third-order valence-corrected chi connectivity index (χ3v) is 4.33. The minimum atomic E-state index is -0.0654. The Kier molecular flexibility index (Phi) is 5.26. The van der Waals surface area contributed by atoms with Gasteiger partial charge in [0.15, 0.2) is 0 Å². The van der Waals surface area contributed by atoms with Crippen molar-refractivity contribution in [3.8, 4) is 0 Å². The summed E-state index contributed by atoms with van der Waals surface area (Å²) in [5.41, 5.74) is 2.30. The smallest absolute Gasteiger partial charge is 0.251 e. The van der Waals surface area contributed by atoms with Gasteiger partial charge < -0.3 is 10.6 Å². The van der Waals surface area contributed by atoms with Gasteiger partial charge in [0.2, 0.25) is 5.91 Å². The lowest BCUT2D eigenvalue weighted by atomic mass is 10.1. The lowest BCUT2D eigenvalue weighted by Crippen LogP contribution is -2.32. The molecule has 1 aliphatic carbocycles. The van der Waals surface area contributed by atoms with E-state index in [0.29, 0.717) is 23.7 Å². The van der Waals surface area contributed by atoms with E-state index in [1.54, 1.807) is 24.3 Å². The summed E-state index contributed by atoms with van der Waals surface area (Å²) < 4.78 is 0. The Morgan fingerprint density at radius 3 is 2.25 bits per heavy atom. The van der Waals surface area contributed by atoms with E-state index in [2.05, 4.69) is 10.6 Å². The molecule has 1 fully saturated rings. The highest BCUT2D eigenvalue weighted by Crippen LogP contribution is 2.18. The predicted octanol–water partition coefficient (Wildman–Crippen LogP) is 3.54. The second-order valence-electron chi connectivity index (χ2n) is 6.24. The van der Waals surface area contributed by atoms with Gasteiger partial charge in [0.1, 0.15) is 0 Å². The van der Waals surface area contributed by atoms with Gasteiger partial charge in [-0.1, -0.05) is 43.2 Å². The molecule has 0 saturated heterocycles. The lowest BCUT2D eigenvalue weighted by Gasteiger charge is -2.12. The summed E-state index contributed by atoms with van der Waals surface area (Å²) in [7, 11) is 0. The Hall–Kier alpha value is -2.62. The highest BCUT2D eigenvalue weighted by molar-refractivity contribution is 5.96. The molecule has 0 spiro atoms. The van der Waals surface area contributed by atoms with E-state index in [4.69, 9.17) is 0 Å². The standard InChI is InChI=1S/C20H22N2O2/c23-19(14-15-6-2-1-3-7-15)21-18-12-10-16(11-13-18)20(24)22-17-8-4-5-9-17/h1-3,6-7,10-13,17H,4-5,8-9,14H2,(H,21,23)(H,22,24). The molecule has 3 rings (SSSR count). The van der Waals surface area contributed by atoms with E-state index in [1.165, 1.54) is 12.8 Å². The summed E-state index contributed by atoms with van der Waals surface area (Å²) in [6.45, 7) is 0. The highest BCUT2D eigenvalue weighted by atomic mass is 16.2. The monoisotopic (exact) mass is 322 g/mol. The fourth-order valence-corrected chi connectivity index (χ4v) is 3.03. The van der Waals surface area contributed by atoms with Crippen molar-refractivity contribution < 1.29 is 9.59 Å². The zero-order valence-corrected chi connectivity index (χ0v) is 13.6. The van der Waals surface area contributed by atoms with Crippen LogP contribution in [0.3, 0.4) is 0 Å². The van der Waals surface area contributed by atoms with Crippen LogP contribution in [-0.4, -0.2) is 17.9 Å². The molecule has 124 valence electrons. The number of benzene rings is 2. The third-order valence-electron chi connectivity index (χ3n) is 4.33. The Morgan fingerprint density at radius 1 is 0.917 bits per heavy atom. The SMILES string of the molecule is O=C(Cc1ccccc1)Nc1ccc(C(=O)NC2CCCC2)cc1.